The molecule has 25 heavy (non-hydrogen) atoms. The summed E-state index contributed by atoms with van der Waals surface area (Å²) < 4.78 is 0. The molecular formula is C21H26N2O2. The van der Waals surface area contributed by atoms with E-state index < -0.39 is 5.54 Å². The van der Waals surface area contributed by atoms with E-state index in [0.29, 0.717) is 0 Å². The van der Waals surface area contributed by atoms with Crippen molar-refractivity contribution in [1.82, 2.24) is 10.6 Å². The molecule has 0 aliphatic carbocycles. The summed E-state index contributed by atoms with van der Waals surface area (Å²) in [4.78, 5) is 24.0. The van der Waals surface area contributed by atoms with Crippen molar-refractivity contribution >= 4 is 11.8 Å². The van der Waals surface area contributed by atoms with Crippen LogP contribution >= 0.6 is 0 Å². The Morgan fingerprint density at radius 3 is 1.72 bits per heavy atom. The lowest BCUT2D eigenvalue weighted by atomic mass is 9.85. The van der Waals surface area contributed by atoms with Gasteiger partial charge in [0.2, 0.25) is 11.8 Å². The topological polar surface area (TPSA) is 58.2 Å². The molecular weight excluding hydrogens is 312 g/mol. The summed E-state index contributed by atoms with van der Waals surface area (Å²) in [6, 6.07) is 20.1. The highest BCUT2D eigenvalue weighted by atomic mass is 16.2. The highest BCUT2D eigenvalue weighted by Gasteiger charge is 2.31. The Labute approximate surface area is 149 Å². The standard InChI is InChI=1S/C21H26N2O2/c1-15(22-20(25)21(3,4)23-16(2)24)19(17-11-7-5-8-12-17)18-13-9-6-10-14-18/h5-15,19H,1-4H3,(H,22,25)(H,23,24). The molecule has 2 aromatic rings. The monoisotopic (exact) mass is 338 g/mol. The van der Waals surface area contributed by atoms with Crippen molar-refractivity contribution in [3.05, 3.63) is 71.8 Å². The van der Waals surface area contributed by atoms with Crippen molar-refractivity contribution in [2.24, 2.45) is 0 Å². The zero-order chi connectivity index (χ0) is 18.4. The third-order valence-electron chi connectivity index (χ3n) is 4.23. The largest absolute Gasteiger partial charge is 0.351 e. The first-order valence-electron chi connectivity index (χ1n) is 8.51. The van der Waals surface area contributed by atoms with Crippen molar-refractivity contribution in [1.29, 1.82) is 0 Å². The molecule has 0 radical (unpaired) electrons. The third kappa shape index (κ3) is 4.92. The molecule has 4 nitrogen and oxygen atoms in total. The van der Waals surface area contributed by atoms with Gasteiger partial charge in [-0.25, -0.2) is 0 Å². The summed E-state index contributed by atoms with van der Waals surface area (Å²) >= 11 is 0. The normalized spacial score (nSPS) is 12.5. The molecule has 1 atom stereocenters. The quantitative estimate of drug-likeness (QED) is 0.849. The maximum Gasteiger partial charge on any atom is 0.245 e. The van der Waals surface area contributed by atoms with Crippen molar-refractivity contribution in [2.75, 3.05) is 0 Å². The molecule has 0 aliphatic rings. The van der Waals surface area contributed by atoms with Crippen LogP contribution < -0.4 is 10.6 Å². The van der Waals surface area contributed by atoms with E-state index in [0.717, 1.165) is 11.1 Å². The fourth-order valence-corrected chi connectivity index (χ4v) is 3.06. The fraction of sp³-hybridized carbons (Fsp3) is 0.333. The first kappa shape index (κ1) is 18.7. The molecule has 0 bridgehead atoms. The maximum absolute atomic E-state index is 12.7. The number of carbonyl (C=O) groups is 2. The number of nitrogens with one attached hydrogen (secondary N) is 2. The minimum atomic E-state index is -0.960. The van der Waals surface area contributed by atoms with Crippen molar-refractivity contribution in [3.8, 4) is 0 Å². The second-order valence-corrected chi connectivity index (χ2v) is 6.87. The van der Waals surface area contributed by atoms with Crippen LogP contribution in [0.5, 0.6) is 0 Å². The fourth-order valence-electron chi connectivity index (χ4n) is 3.06. The molecule has 0 saturated heterocycles. The van der Waals surface area contributed by atoms with Crippen LogP contribution in [0.15, 0.2) is 60.7 Å². The Hall–Kier alpha value is -2.62. The highest BCUT2D eigenvalue weighted by molar-refractivity contribution is 5.90. The smallest absolute Gasteiger partial charge is 0.245 e. The van der Waals surface area contributed by atoms with E-state index in [1.165, 1.54) is 6.92 Å². The summed E-state index contributed by atoms with van der Waals surface area (Å²) in [5.74, 6) is -0.401. The number of hydrogen-bond acceptors (Lipinski definition) is 2. The number of rotatable bonds is 6. The van der Waals surface area contributed by atoms with Gasteiger partial charge >= 0.3 is 0 Å². The average Bonchev–Trinajstić information content (AvgIpc) is 2.56. The van der Waals surface area contributed by atoms with Crippen LogP contribution in [0.25, 0.3) is 0 Å². The molecule has 4 heteroatoms. The van der Waals surface area contributed by atoms with Gasteiger partial charge in [0, 0.05) is 18.9 Å². The van der Waals surface area contributed by atoms with Gasteiger partial charge < -0.3 is 10.6 Å². The van der Waals surface area contributed by atoms with Crippen LogP contribution in [-0.4, -0.2) is 23.4 Å². The van der Waals surface area contributed by atoms with Gasteiger partial charge in [0.1, 0.15) is 5.54 Å². The van der Waals surface area contributed by atoms with Crippen molar-refractivity contribution in [2.45, 2.75) is 45.2 Å². The molecule has 0 heterocycles. The number of benzene rings is 2. The maximum atomic E-state index is 12.7. The Morgan fingerprint density at radius 2 is 1.32 bits per heavy atom. The SMILES string of the molecule is CC(=O)NC(C)(C)C(=O)NC(C)C(c1ccccc1)c1ccccc1. The van der Waals surface area contributed by atoms with E-state index in [9.17, 15) is 9.59 Å². The lowest BCUT2D eigenvalue weighted by Gasteiger charge is -2.31. The minimum Gasteiger partial charge on any atom is -0.351 e. The van der Waals surface area contributed by atoms with Gasteiger partial charge in [-0.15, -0.1) is 0 Å². The van der Waals surface area contributed by atoms with Gasteiger partial charge in [0.25, 0.3) is 0 Å². The Morgan fingerprint density at radius 1 is 0.880 bits per heavy atom. The summed E-state index contributed by atoms with van der Waals surface area (Å²) in [5.41, 5.74) is 1.32. The van der Waals surface area contributed by atoms with Crippen LogP contribution in [0.1, 0.15) is 44.7 Å². The lowest BCUT2D eigenvalue weighted by Crippen LogP contribution is -2.56. The van der Waals surface area contributed by atoms with Gasteiger partial charge in [-0.2, -0.15) is 0 Å². The molecule has 2 N–H and O–H groups in total. The van der Waals surface area contributed by atoms with E-state index in [1.54, 1.807) is 13.8 Å². The lowest BCUT2D eigenvalue weighted by molar-refractivity contribution is -0.132. The van der Waals surface area contributed by atoms with Crippen molar-refractivity contribution < 1.29 is 9.59 Å². The Bertz CT molecular complexity index is 672. The van der Waals surface area contributed by atoms with E-state index >= 15 is 0 Å². The van der Waals surface area contributed by atoms with Crippen LogP contribution in [0.4, 0.5) is 0 Å². The average molecular weight is 338 g/mol. The van der Waals surface area contributed by atoms with Gasteiger partial charge in [-0.05, 0) is 31.9 Å². The molecule has 0 aromatic heterocycles. The molecule has 0 spiro atoms. The highest BCUT2D eigenvalue weighted by Crippen LogP contribution is 2.28. The van der Waals surface area contributed by atoms with Gasteiger partial charge in [-0.1, -0.05) is 60.7 Å². The predicted molar refractivity (Wildman–Crippen MR) is 100 cm³/mol. The molecule has 0 aliphatic heterocycles. The summed E-state index contributed by atoms with van der Waals surface area (Å²) in [6.07, 6.45) is 0. The second kappa shape index (κ2) is 7.97. The number of hydrogen-bond donors (Lipinski definition) is 2. The second-order valence-electron chi connectivity index (χ2n) is 6.87. The third-order valence-corrected chi connectivity index (χ3v) is 4.23. The molecule has 0 saturated carbocycles. The van der Waals surface area contributed by atoms with Crippen molar-refractivity contribution in [3.63, 3.8) is 0 Å². The number of amides is 2. The zero-order valence-electron chi connectivity index (χ0n) is 15.2. The Balaban J connectivity index is 2.26. The van der Waals surface area contributed by atoms with Gasteiger partial charge in [0.05, 0.1) is 0 Å². The Kier molecular flexibility index (Phi) is 5.97. The van der Waals surface area contributed by atoms with E-state index in [2.05, 4.69) is 34.9 Å². The molecule has 0 fully saturated rings. The molecule has 132 valence electrons. The van der Waals surface area contributed by atoms with Crippen LogP contribution in [0.2, 0.25) is 0 Å². The van der Waals surface area contributed by atoms with E-state index in [-0.39, 0.29) is 23.8 Å². The summed E-state index contributed by atoms with van der Waals surface area (Å²) in [6.45, 7) is 6.81. The molecule has 2 amide bonds. The van der Waals surface area contributed by atoms with Gasteiger partial charge in [0.15, 0.2) is 0 Å². The van der Waals surface area contributed by atoms with Crippen LogP contribution in [-0.2, 0) is 9.59 Å². The first-order valence-corrected chi connectivity index (χ1v) is 8.51. The molecule has 2 aromatic carbocycles. The predicted octanol–water partition coefficient (Wildman–Crippen LogP) is 3.24. The number of carbonyl (C=O) groups excluding carboxylic acids is 2. The van der Waals surface area contributed by atoms with Crippen LogP contribution in [0.3, 0.4) is 0 Å². The van der Waals surface area contributed by atoms with E-state index in [4.69, 9.17) is 0 Å². The summed E-state index contributed by atoms with van der Waals surface area (Å²) in [7, 11) is 0. The first-order chi connectivity index (χ1) is 11.8. The van der Waals surface area contributed by atoms with Gasteiger partial charge in [-0.3, -0.25) is 9.59 Å². The van der Waals surface area contributed by atoms with E-state index in [1.807, 2.05) is 43.3 Å². The minimum absolute atomic E-state index is 0.0273. The van der Waals surface area contributed by atoms with Crippen LogP contribution in [0, 0.1) is 0 Å². The molecule has 2 rings (SSSR count). The molecule has 1 unspecified atom stereocenters. The summed E-state index contributed by atoms with van der Waals surface area (Å²) in [5, 5.41) is 5.76. The zero-order valence-corrected chi connectivity index (χ0v) is 15.2.